The Bertz CT molecular complexity index is 812. The third kappa shape index (κ3) is 5.53. The summed E-state index contributed by atoms with van der Waals surface area (Å²) in [4.78, 5) is 23.6. The van der Waals surface area contributed by atoms with Crippen LogP contribution in [0.2, 0.25) is 0 Å². The number of hydrogen-bond acceptors (Lipinski definition) is 6. The number of fused-ring (bicyclic) bond motifs is 1. The molecule has 1 aromatic carbocycles. The number of carbonyl (C=O) groups excluding carboxylic acids is 2. The summed E-state index contributed by atoms with van der Waals surface area (Å²) in [6.45, 7) is 2.21. The summed E-state index contributed by atoms with van der Waals surface area (Å²) in [7, 11) is 0. The Hall–Kier alpha value is -2.23. The van der Waals surface area contributed by atoms with Crippen molar-refractivity contribution in [3.05, 3.63) is 29.8 Å². The van der Waals surface area contributed by atoms with Crippen molar-refractivity contribution in [2.24, 2.45) is 0 Å². The number of amides is 1. The van der Waals surface area contributed by atoms with Crippen LogP contribution in [0.25, 0.3) is 0 Å². The Morgan fingerprint density at radius 1 is 1.00 bits per heavy atom. The molecular weight excluding hydrogens is 418 g/mol. The van der Waals surface area contributed by atoms with Crippen molar-refractivity contribution in [2.45, 2.75) is 69.4 Å². The number of thiocarbonyl (C=S) groups is 1. The smallest absolute Gasteiger partial charge is 0.412 e. The van der Waals surface area contributed by atoms with Crippen molar-refractivity contribution in [1.29, 1.82) is 0 Å². The van der Waals surface area contributed by atoms with Crippen molar-refractivity contribution < 1.29 is 23.8 Å². The fraction of sp³-hybridized carbons (Fsp3) is 0.591. The molecule has 8 nitrogen and oxygen atoms in total. The van der Waals surface area contributed by atoms with E-state index in [1.54, 1.807) is 24.3 Å². The summed E-state index contributed by atoms with van der Waals surface area (Å²) in [6.07, 6.45) is 4.44. The van der Waals surface area contributed by atoms with Gasteiger partial charge >= 0.3 is 6.09 Å². The van der Waals surface area contributed by atoms with Crippen molar-refractivity contribution in [3.8, 4) is 0 Å². The van der Waals surface area contributed by atoms with Gasteiger partial charge in [-0.2, -0.15) is 0 Å². The van der Waals surface area contributed by atoms with Gasteiger partial charge in [0.25, 0.3) is 0 Å². The molecule has 1 saturated carbocycles. The Balaban J connectivity index is 1.24. The van der Waals surface area contributed by atoms with E-state index in [-0.39, 0.29) is 30.6 Å². The summed E-state index contributed by atoms with van der Waals surface area (Å²) in [6, 6.07) is 7.00. The summed E-state index contributed by atoms with van der Waals surface area (Å²) < 4.78 is 17.3. The predicted molar refractivity (Wildman–Crippen MR) is 119 cm³/mol. The van der Waals surface area contributed by atoms with E-state index in [0.717, 1.165) is 12.8 Å². The van der Waals surface area contributed by atoms with Crippen LogP contribution >= 0.6 is 12.2 Å². The number of ketones is 1. The Kier molecular flexibility index (Phi) is 7.04. The van der Waals surface area contributed by atoms with Crippen molar-refractivity contribution in [1.82, 2.24) is 10.6 Å². The third-order valence-corrected chi connectivity index (χ3v) is 6.30. The first-order valence-electron chi connectivity index (χ1n) is 10.9. The van der Waals surface area contributed by atoms with Crippen LogP contribution in [0.5, 0.6) is 0 Å². The van der Waals surface area contributed by atoms with Gasteiger partial charge in [0.15, 0.2) is 17.0 Å². The minimum absolute atomic E-state index is 0.0294. The van der Waals surface area contributed by atoms with Crippen molar-refractivity contribution >= 4 is 34.9 Å². The lowest BCUT2D eigenvalue weighted by molar-refractivity contribution is 0.00879. The van der Waals surface area contributed by atoms with E-state index in [1.807, 2.05) is 0 Å². The molecule has 0 spiro atoms. The van der Waals surface area contributed by atoms with Gasteiger partial charge < -0.3 is 24.8 Å². The van der Waals surface area contributed by atoms with E-state index in [2.05, 4.69) is 16.0 Å². The molecule has 9 heteroatoms. The van der Waals surface area contributed by atoms with E-state index in [4.69, 9.17) is 26.4 Å². The molecular formula is C22H29N3O5S. The minimum atomic E-state index is -0.584. The lowest BCUT2D eigenvalue weighted by atomic mass is 9.96. The molecule has 3 N–H and O–H groups in total. The maximum Gasteiger partial charge on any atom is 0.412 e. The van der Waals surface area contributed by atoms with Crippen molar-refractivity contribution in [3.63, 3.8) is 0 Å². The quantitative estimate of drug-likeness (QED) is 0.468. The molecule has 0 radical (unpaired) electrons. The van der Waals surface area contributed by atoms with Gasteiger partial charge in [-0.25, -0.2) is 4.79 Å². The number of benzene rings is 1. The molecule has 4 atom stereocenters. The number of nitrogens with one attached hydrogen (secondary N) is 3. The van der Waals surface area contributed by atoms with Gasteiger partial charge in [0.1, 0.15) is 12.2 Å². The molecule has 3 aliphatic rings. The second-order valence-corrected chi connectivity index (χ2v) is 8.77. The molecule has 2 saturated heterocycles. The van der Waals surface area contributed by atoms with Crippen LogP contribution in [0.4, 0.5) is 10.5 Å². The first-order chi connectivity index (χ1) is 15.0. The zero-order chi connectivity index (χ0) is 21.8. The molecule has 0 bridgehead atoms. The fourth-order valence-corrected chi connectivity index (χ4v) is 4.72. The van der Waals surface area contributed by atoms with Gasteiger partial charge in [0.05, 0.1) is 19.3 Å². The summed E-state index contributed by atoms with van der Waals surface area (Å²) in [5.74, 6) is -0.0294. The van der Waals surface area contributed by atoms with Crippen LogP contribution < -0.4 is 16.0 Å². The van der Waals surface area contributed by atoms with Crippen LogP contribution in [0, 0.1) is 0 Å². The van der Waals surface area contributed by atoms with E-state index in [9.17, 15) is 9.59 Å². The van der Waals surface area contributed by atoms with Gasteiger partial charge in [-0.3, -0.25) is 10.1 Å². The lowest BCUT2D eigenvalue weighted by Gasteiger charge is -2.26. The van der Waals surface area contributed by atoms with Gasteiger partial charge in [-0.1, -0.05) is 19.3 Å². The Labute approximate surface area is 187 Å². The summed E-state index contributed by atoms with van der Waals surface area (Å²) in [5.41, 5.74) is 1.14. The van der Waals surface area contributed by atoms with Gasteiger partial charge in [0.2, 0.25) is 0 Å². The normalized spacial score (nSPS) is 27.9. The summed E-state index contributed by atoms with van der Waals surface area (Å²) in [5, 5.41) is 10.0. The monoisotopic (exact) mass is 447 g/mol. The van der Waals surface area contributed by atoms with Crippen molar-refractivity contribution in [2.75, 3.05) is 18.5 Å². The number of carbonyl (C=O) groups is 2. The molecule has 1 amide bonds. The SMILES string of the molecule is CC(=O)c1ccc(NC(=O)OC2COC3C(NC(=S)NC4CCCCC4)COC23)cc1. The Morgan fingerprint density at radius 3 is 2.42 bits per heavy atom. The van der Waals surface area contributed by atoms with E-state index >= 15 is 0 Å². The average Bonchev–Trinajstić information content (AvgIpc) is 3.32. The number of Topliss-reactive ketones (excluding diaryl/α,β-unsaturated/α-hetero) is 1. The number of rotatable bonds is 5. The largest absolute Gasteiger partial charge is 0.441 e. The van der Waals surface area contributed by atoms with Gasteiger partial charge in [0, 0.05) is 17.3 Å². The average molecular weight is 448 g/mol. The second kappa shape index (κ2) is 9.93. The number of anilines is 1. The van der Waals surface area contributed by atoms with Crippen LogP contribution in [-0.2, 0) is 14.2 Å². The molecule has 3 fully saturated rings. The molecule has 4 unspecified atom stereocenters. The van der Waals surface area contributed by atoms with Crippen LogP contribution in [-0.4, -0.2) is 60.6 Å². The highest BCUT2D eigenvalue weighted by Gasteiger charge is 2.49. The van der Waals surface area contributed by atoms with Gasteiger partial charge in [-0.15, -0.1) is 0 Å². The highest BCUT2D eigenvalue weighted by molar-refractivity contribution is 7.80. The molecule has 1 aliphatic carbocycles. The van der Waals surface area contributed by atoms with E-state index in [0.29, 0.717) is 29.0 Å². The predicted octanol–water partition coefficient (Wildman–Crippen LogP) is 2.77. The topological polar surface area (TPSA) is 97.9 Å². The van der Waals surface area contributed by atoms with Crippen LogP contribution in [0.1, 0.15) is 49.4 Å². The maximum absolute atomic E-state index is 12.3. The number of ether oxygens (including phenoxy) is 3. The fourth-order valence-electron chi connectivity index (χ4n) is 4.40. The molecule has 2 aliphatic heterocycles. The van der Waals surface area contributed by atoms with E-state index < -0.39 is 12.2 Å². The molecule has 168 valence electrons. The lowest BCUT2D eigenvalue weighted by Crippen LogP contribution is -2.50. The number of hydrogen-bond donors (Lipinski definition) is 3. The van der Waals surface area contributed by atoms with Gasteiger partial charge in [-0.05, 0) is 56.2 Å². The van der Waals surface area contributed by atoms with Crippen LogP contribution in [0.3, 0.4) is 0 Å². The molecule has 0 aromatic heterocycles. The third-order valence-electron chi connectivity index (χ3n) is 6.06. The first kappa shape index (κ1) is 22.0. The molecule has 31 heavy (non-hydrogen) atoms. The first-order valence-corrected chi connectivity index (χ1v) is 11.3. The standard InChI is InChI=1S/C22H29N3O5S/c1-13(26)14-7-9-16(10-8-14)24-22(27)30-18-12-29-19-17(11-28-20(18)19)25-21(31)23-15-5-3-2-4-6-15/h7-10,15,17-20H,2-6,11-12H2,1H3,(H,24,27)(H2,23,25,31). The van der Waals surface area contributed by atoms with Crippen LogP contribution in [0.15, 0.2) is 24.3 Å². The molecule has 1 aromatic rings. The molecule has 4 rings (SSSR count). The molecule has 2 heterocycles. The minimum Gasteiger partial charge on any atom is -0.441 e. The zero-order valence-corrected chi connectivity index (χ0v) is 18.4. The maximum atomic E-state index is 12.3. The highest BCUT2D eigenvalue weighted by atomic mass is 32.1. The summed E-state index contributed by atoms with van der Waals surface area (Å²) >= 11 is 5.48. The second-order valence-electron chi connectivity index (χ2n) is 8.36. The van der Waals surface area contributed by atoms with E-state index in [1.165, 1.54) is 26.2 Å². The highest BCUT2D eigenvalue weighted by Crippen LogP contribution is 2.29. The zero-order valence-electron chi connectivity index (χ0n) is 17.6. The Morgan fingerprint density at radius 2 is 1.71 bits per heavy atom.